The maximum Gasteiger partial charge on any atom is 0.0510 e. The Morgan fingerprint density at radius 3 is 2.94 bits per heavy atom. The van der Waals surface area contributed by atoms with Gasteiger partial charge in [-0.15, -0.1) is 0 Å². The molecule has 0 aliphatic carbocycles. The number of nitrogens with two attached hydrogens (primary N) is 1. The summed E-state index contributed by atoms with van der Waals surface area (Å²) in [5, 5.41) is 9.06. The topological polar surface area (TPSA) is 49.5 Å². The number of hydrogen-bond donors (Lipinski definition) is 2. The highest BCUT2D eigenvalue weighted by atomic mass is 79.9. The molecule has 0 bridgehead atoms. The molecule has 4 heteroatoms. The van der Waals surface area contributed by atoms with E-state index in [0.29, 0.717) is 19.1 Å². The van der Waals surface area contributed by atoms with Crippen molar-refractivity contribution < 1.29 is 5.11 Å². The van der Waals surface area contributed by atoms with Gasteiger partial charge < -0.3 is 15.7 Å². The molecule has 1 aliphatic rings. The molecule has 0 amide bonds. The highest BCUT2D eigenvalue weighted by Crippen LogP contribution is 2.31. The molecule has 0 saturated carbocycles. The van der Waals surface area contributed by atoms with Gasteiger partial charge in [-0.1, -0.05) is 6.07 Å². The van der Waals surface area contributed by atoms with Crippen LogP contribution in [0.5, 0.6) is 0 Å². The van der Waals surface area contributed by atoms with Gasteiger partial charge >= 0.3 is 0 Å². The van der Waals surface area contributed by atoms with Gasteiger partial charge in [0.1, 0.15) is 0 Å². The normalized spacial score (nSPS) is 20.2. The molecule has 0 spiro atoms. The molecule has 1 unspecified atom stereocenters. The van der Waals surface area contributed by atoms with Gasteiger partial charge in [0.15, 0.2) is 0 Å². The van der Waals surface area contributed by atoms with Gasteiger partial charge in [0.05, 0.1) is 5.69 Å². The smallest absolute Gasteiger partial charge is 0.0510 e. The third-order valence-electron chi connectivity index (χ3n) is 3.64. The number of hydrogen-bond acceptors (Lipinski definition) is 3. The van der Waals surface area contributed by atoms with Crippen LogP contribution in [0.25, 0.3) is 0 Å². The molecular weight excluding hydrogens is 292 g/mol. The molecule has 100 valence electrons. The molecule has 18 heavy (non-hydrogen) atoms. The first-order chi connectivity index (χ1) is 8.74. The van der Waals surface area contributed by atoms with Crippen LogP contribution in [0.1, 0.15) is 24.8 Å². The van der Waals surface area contributed by atoms with Crippen LogP contribution in [0.15, 0.2) is 22.7 Å². The number of benzene rings is 1. The fourth-order valence-electron chi connectivity index (χ4n) is 2.64. The molecule has 0 radical (unpaired) electrons. The lowest BCUT2D eigenvalue weighted by molar-refractivity contribution is 0.244. The predicted octanol–water partition coefficient (Wildman–Crippen LogP) is 2.51. The Bertz CT molecular complexity index is 395. The van der Waals surface area contributed by atoms with Crippen molar-refractivity contribution in [1.29, 1.82) is 0 Å². The van der Waals surface area contributed by atoms with E-state index in [1.165, 1.54) is 18.5 Å². The van der Waals surface area contributed by atoms with Crippen LogP contribution in [-0.2, 0) is 6.54 Å². The van der Waals surface area contributed by atoms with Crippen molar-refractivity contribution in [2.75, 3.05) is 24.6 Å². The first-order valence-corrected chi connectivity index (χ1v) is 7.38. The molecule has 1 aromatic carbocycles. The summed E-state index contributed by atoms with van der Waals surface area (Å²) >= 11 is 3.64. The molecule has 3 N–H and O–H groups in total. The number of nitrogens with zero attached hydrogens (tertiary/aromatic N) is 1. The van der Waals surface area contributed by atoms with E-state index in [-0.39, 0.29) is 0 Å². The first-order valence-electron chi connectivity index (χ1n) is 6.59. The van der Waals surface area contributed by atoms with E-state index >= 15 is 0 Å². The first kappa shape index (κ1) is 13.8. The summed E-state index contributed by atoms with van der Waals surface area (Å²) in [5.74, 6) is 0.616. The van der Waals surface area contributed by atoms with Crippen molar-refractivity contribution in [2.45, 2.75) is 25.8 Å². The fourth-order valence-corrected chi connectivity index (χ4v) is 3.31. The Labute approximate surface area is 117 Å². The number of halogens is 1. The standard InChI is InChI=1S/C14H21BrN2O/c15-13-8-12(9-16)3-4-14(13)17-6-1-2-11(10-17)5-7-18/h3-4,8,11,18H,1-2,5-7,9-10,16H2. The van der Waals surface area contributed by atoms with E-state index in [2.05, 4.69) is 39.0 Å². The van der Waals surface area contributed by atoms with E-state index in [4.69, 9.17) is 10.8 Å². The molecule has 3 nitrogen and oxygen atoms in total. The summed E-state index contributed by atoms with van der Waals surface area (Å²) in [6, 6.07) is 6.34. The van der Waals surface area contributed by atoms with Crippen molar-refractivity contribution in [2.24, 2.45) is 11.7 Å². The van der Waals surface area contributed by atoms with Crippen molar-refractivity contribution in [3.63, 3.8) is 0 Å². The third kappa shape index (κ3) is 3.25. The largest absolute Gasteiger partial charge is 0.396 e. The predicted molar refractivity (Wildman–Crippen MR) is 78.7 cm³/mol. The fraction of sp³-hybridized carbons (Fsp3) is 0.571. The van der Waals surface area contributed by atoms with Crippen molar-refractivity contribution in [3.8, 4) is 0 Å². The van der Waals surface area contributed by atoms with Crippen LogP contribution >= 0.6 is 15.9 Å². The Balaban J connectivity index is 2.10. The van der Waals surface area contributed by atoms with Crippen LogP contribution in [0.4, 0.5) is 5.69 Å². The molecule has 1 saturated heterocycles. The van der Waals surface area contributed by atoms with Crippen LogP contribution in [-0.4, -0.2) is 24.8 Å². The minimum Gasteiger partial charge on any atom is -0.396 e. The van der Waals surface area contributed by atoms with E-state index in [0.717, 1.165) is 29.5 Å². The van der Waals surface area contributed by atoms with Gasteiger partial charge in [0.25, 0.3) is 0 Å². The number of anilines is 1. The quantitative estimate of drug-likeness (QED) is 0.898. The Hall–Kier alpha value is -0.580. The molecule has 1 heterocycles. The second-order valence-electron chi connectivity index (χ2n) is 4.96. The summed E-state index contributed by atoms with van der Waals surface area (Å²) in [7, 11) is 0. The number of aliphatic hydroxyl groups excluding tert-OH is 1. The van der Waals surface area contributed by atoms with Crippen LogP contribution in [0.3, 0.4) is 0 Å². The average Bonchev–Trinajstić information content (AvgIpc) is 2.39. The summed E-state index contributed by atoms with van der Waals surface area (Å²) in [4.78, 5) is 2.41. The SMILES string of the molecule is NCc1ccc(N2CCCC(CCO)C2)c(Br)c1. The number of rotatable bonds is 4. The zero-order valence-electron chi connectivity index (χ0n) is 10.6. The van der Waals surface area contributed by atoms with Gasteiger partial charge in [-0.25, -0.2) is 0 Å². The van der Waals surface area contributed by atoms with Crippen molar-refractivity contribution in [3.05, 3.63) is 28.2 Å². The Morgan fingerprint density at radius 2 is 2.28 bits per heavy atom. The van der Waals surface area contributed by atoms with Crippen LogP contribution < -0.4 is 10.6 Å². The number of piperidine rings is 1. The lowest BCUT2D eigenvalue weighted by Gasteiger charge is -2.35. The van der Waals surface area contributed by atoms with Gasteiger partial charge in [-0.2, -0.15) is 0 Å². The summed E-state index contributed by atoms with van der Waals surface area (Å²) in [6.07, 6.45) is 3.35. The molecule has 1 fully saturated rings. The molecule has 1 atom stereocenters. The summed E-state index contributed by atoms with van der Waals surface area (Å²) in [6.45, 7) is 3.02. The van der Waals surface area contributed by atoms with Crippen LogP contribution in [0.2, 0.25) is 0 Å². The maximum absolute atomic E-state index is 9.06. The van der Waals surface area contributed by atoms with E-state index in [1.807, 2.05) is 0 Å². The van der Waals surface area contributed by atoms with Crippen LogP contribution in [0, 0.1) is 5.92 Å². The highest BCUT2D eigenvalue weighted by Gasteiger charge is 2.21. The van der Waals surface area contributed by atoms with Gasteiger partial charge in [-0.05, 0) is 58.8 Å². The molecular formula is C14H21BrN2O. The minimum atomic E-state index is 0.297. The zero-order chi connectivity index (χ0) is 13.0. The van der Waals surface area contributed by atoms with E-state index < -0.39 is 0 Å². The maximum atomic E-state index is 9.06. The second-order valence-corrected chi connectivity index (χ2v) is 5.81. The molecule has 2 rings (SSSR count). The number of aliphatic hydroxyl groups is 1. The van der Waals surface area contributed by atoms with Crippen molar-refractivity contribution in [1.82, 2.24) is 0 Å². The van der Waals surface area contributed by atoms with Gasteiger partial charge in [0, 0.05) is 30.7 Å². The minimum absolute atomic E-state index is 0.297. The second kappa shape index (κ2) is 6.55. The van der Waals surface area contributed by atoms with Gasteiger partial charge in [-0.3, -0.25) is 0 Å². The summed E-state index contributed by atoms with van der Waals surface area (Å²) < 4.78 is 1.12. The van der Waals surface area contributed by atoms with E-state index in [9.17, 15) is 0 Å². The average molecular weight is 313 g/mol. The summed E-state index contributed by atoms with van der Waals surface area (Å²) in [5.41, 5.74) is 8.04. The zero-order valence-corrected chi connectivity index (χ0v) is 12.2. The Kier molecular flexibility index (Phi) is 5.03. The van der Waals surface area contributed by atoms with E-state index in [1.54, 1.807) is 0 Å². The lowest BCUT2D eigenvalue weighted by Crippen LogP contribution is -2.36. The lowest BCUT2D eigenvalue weighted by atomic mass is 9.94. The molecule has 0 aromatic heterocycles. The third-order valence-corrected chi connectivity index (χ3v) is 4.28. The monoisotopic (exact) mass is 312 g/mol. The highest BCUT2D eigenvalue weighted by molar-refractivity contribution is 9.10. The molecule has 1 aliphatic heterocycles. The molecule has 1 aromatic rings. The van der Waals surface area contributed by atoms with Gasteiger partial charge in [0.2, 0.25) is 0 Å². The van der Waals surface area contributed by atoms with Crippen molar-refractivity contribution >= 4 is 21.6 Å². The Morgan fingerprint density at radius 1 is 1.44 bits per heavy atom.